The van der Waals surface area contributed by atoms with Crippen molar-refractivity contribution in [2.45, 2.75) is 123 Å². The van der Waals surface area contributed by atoms with Gasteiger partial charge in [0.15, 0.2) is 0 Å². The summed E-state index contributed by atoms with van der Waals surface area (Å²) in [4.78, 5) is 33.4. The van der Waals surface area contributed by atoms with Crippen molar-refractivity contribution in [2.24, 2.45) is 9.98 Å². The van der Waals surface area contributed by atoms with Gasteiger partial charge in [0.1, 0.15) is 11.5 Å². The number of benzene rings is 2. The average molecular weight is 785 g/mol. The van der Waals surface area contributed by atoms with Gasteiger partial charge in [-0.05, 0) is 72.3 Å². The van der Waals surface area contributed by atoms with Crippen LogP contribution >= 0.6 is 0 Å². The first-order chi connectivity index (χ1) is 25.0. The number of phenolic OH excluding ortho intramolecular Hbond substituents is 2. The van der Waals surface area contributed by atoms with Crippen molar-refractivity contribution >= 4 is 30.3 Å². The molecule has 2 aromatic rings. The molecule has 2 aromatic carbocycles. The standard InChI is InChI=1S/C40H59N5O2.C2H2O4.Cr/c1-8-43-21-13-22-45-24-14-23-44(38(43)45)20-12-16-29-25-32(39(2,3)4)26-31(36(29)46)28-42-35-19-10-9-18-34(35)41-27-30-15-11-17-33(37(30)47)40(5,6)7;3-1(4)2(5)6;/h11,15,17,25-28,34-35H,8-10,12-14,16,18-24H2,1-7H3,(H-,41,42,46,47);(H,3,4)(H,5,6);/p+1. The molecular weight excluding hydrogens is 722 g/mol. The van der Waals surface area contributed by atoms with E-state index in [4.69, 9.17) is 29.8 Å². The first kappa shape index (κ1) is 44.5. The van der Waals surface area contributed by atoms with Crippen LogP contribution in [0.15, 0.2) is 40.3 Å². The Bertz CT molecular complexity index is 1680. The van der Waals surface area contributed by atoms with Crippen LogP contribution < -0.4 is 0 Å². The third-order valence-electron chi connectivity index (χ3n) is 10.5. The molecule has 1 saturated carbocycles. The molecule has 2 atom stereocenters. The molecule has 2 heterocycles. The van der Waals surface area contributed by atoms with Crippen LogP contribution in [0.5, 0.6) is 11.5 Å². The van der Waals surface area contributed by atoms with Crippen molar-refractivity contribution in [2.75, 3.05) is 39.3 Å². The fourth-order valence-electron chi connectivity index (χ4n) is 7.49. The van der Waals surface area contributed by atoms with Crippen molar-refractivity contribution in [1.29, 1.82) is 0 Å². The molecule has 0 radical (unpaired) electrons. The molecule has 0 spiro atoms. The number of carboxylic acids is 2. The fraction of sp³-hybridized carbons (Fsp3) is 0.595. The van der Waals surface area contributed by atoms with Crippen LogP contribution in [0.25, 0.3) is 0 Å². The van der Waals surface area contributed by atoms with Gasteiger partial charge in [0.25, 0.3) is 0 Å². The van der Waals surface area contributed by atoms with Crippen LogP contribution in [0.4, 0.5) is 0 Å². The van der Waals surface area contributed by atoms with Crippen molar-refractivity contribution in [3.05, 3.63) is 58.1 Å². The molecule has 4 N–H and O–H groups in total. The van der Waals surface area contributed by atoms with E-state index in [0.717, 1.165) is 87.0 Å². The Balaban J connectivity index is 0.00000103. The molecule has 0 amide bonds. The van der Waals surface area contributed by atoms with Gasteiger partial charge in [-0.2, -0.15) is 0 Å². The van der Waals surface area contributed by atoms with Gasteiger partial charge in [0, 0.05) is 53.8 Å². The zero-order valence-corrected chi connectivity index (χ0v) is 34.6. The molecule has 1 aliphatic carbocycles. The molecule has 12 heteroatoms. The van der Waals surface area contributed by atoms with Gasteiger partial charge in [0.2, 0.25) is 0 Å². The van der Waals surface area contributed by atoms with E-state index in [9.17, 15) is 10.2 Å². The summed E-state index contributed by atoms with van der Waals surface area (Å²) in [5.41, 5.74) is 4.54. The number of aromatic hydroxyl groups is 2. The van der Waals surface area contributed by atoms with Gasteiger partial charge < -0.3 is 20.4 Å². The van der Waals surface area contributed by atoms with Crippen LogP contribution in [-0.2, 0) is 44.2 Å². The summed E-state index contributed by atoms with van der Waals surface area (Å²) in [5, 5.41) is 37.3. The third kappa shape index (κ3) is 11.8. The Morgan fingerprint density at radius 2 is 1.39 bits per heavy atom. The summed E-state index contributed by atoms with van der Waals surface area (Å²) in [6.07, 6.45) is 12.2. The van der Waals surface area contributed by atoms with Gasteiger partial charge in [0.05, 0.1) is 51.4 Å². The van der Waals surface area contributed by atoms with Gasteiger partial charge >= 0.3 is 17.9 Å². The van der Waals surface area contributed by atoms with Crippen LogP contribution in [0.3, 0.4) is 0 Å². The average Bonchev–Trinajstić information content (AvgIpc) is 3.10. The van der Waals surface area contributed by atoms with Crippen LogP contribution in [0.1, 0.15) is 121 Å². The maximum Gasteiger partial charge on any atom is 0.414 e. The van der Waals surface area contributed by atoms with E-state index in [0.29, 0.717) is 11.5 Å². The van der Waals surface area contributed by atoms with Crippen molar-refractivity contribution in [3.8, 4) is 11.5 Å². The van der Waals surface area contributed by atoms with Gasteiger partial charge in [-0.1, -0.05) is 72.6 Å². The summed E-state index contributed by atoms with van der Waals surface area (Å²) in [7, 11) is 0. The van der Waals surface area contributed by atoms with E-state index in [2.05, 4.69) is 75.0 Å². The maximum atomic E-state index is 11.6. The molecule has 2 aliphatic heterocycles. The Hall–Kier alpha value is -3.88. The molecule has 3 aliphatic rings. The van der Waals surface area contributed by atoms with Crippen LogP contribution in [0, 0.1) is 0 Å². The minimum absolute atomic E-state index is 0. The summed E-state index contributed by atoms with van der Waals surface area (Å²) >= 11 is 0. The monoisotopic (exact) mass is 784 g/mol. The Morgan fingerprint density at radius 3 is 1.93 bits per heavy atom. The van der Waals surface area contributed by atoms with E-state index in [1.165, 1.54) is 37.5 Å². The molecule has 1 fully saturated rings. The number of aliphatic imine (C=N–C) groups is 2. The number of phenols is 2. The predicted octanol–water partition coefficient (Wildman–Crippen LogP) is 6.43. The molecule has 0 bridgehead atoms. The largest absolute Gasteiger partial charge is 0.507 e. The zero-order valence-electron chi connectivity index (χ0n) is 33.3. The van der Waals surface area contributed by atoms with Crippen molar-refractivity contribution in [3.63, 3.8) is 0 Å². The Labute approximate surface area is 332 Å². The van der Waals surface area contributed by atoms with E-state index >= 15 is 0 Å². The van der Waals surface area contributed by atoms with Gasteiger partial charge in [-0.25, -0.2) is 9.59 Å². The van der Waals surface area contributed by atoms with Gasteiger partial charge in [-0.15, -0.1) is 0 Å². The predicted molar refractivity (Wildman–Crippen MR) is 211 cm³/mol. The molecule has 0 aromatic heterocycles. The number of carboxylic acid groups (broad SMARTS) is 2. The molecule has 54 heavy (non-hydrogen) atoms. The van der Waals surface area contributed by atoms with Crippen LogP contribution in [-0.4, -0.2) is 116 Å². The molecule has 296 valence electrons. The van der Waals surface area contributed by atoms with E-state index < -0.39 is 11.9 Å². The number of carbonyl (C=O) groups is 2. The second-order valence-corrected chi connectivity index (χ2v) is 16.6. The van der Waals surface area contributed by atoms with E-state index in [1.54, 1.807) is 0 Å². The fourth-order valence-corrected chi connectivity index (χ4v) is 7.49. The number of aryl methyl sites for hydroxylation is 1. The first-order valence-corrected chi connectivity index (χ1v) is 19.3. The third-order valence-corrected chi connectivity index (χ3v) is 10.5. The maximum absolute atomic E-state index is 11.6. The number of hydrogen-bond acceptors (Lipinski definition) is 8. The second-order valence-electron chi connectivity index (χ2n) is 16.6. The summed E-state index contributed by atoms with van der Waals surface area (Å²) < 4.78 is 2.58. The SMILES string of the molecule is CCN1CCC[N+]2=C1N(CCCc1cc(C(C)(C)C)cc(C=NC3CCCCC3N=Cc3cccc(C(C)(C)C)c3O)c1O)CCC2.O=C(O)C(=O)O.[Cr]. The summed E-state index contributed by atoms with van der Waals surface area (Å²) in [6.45, 7) is 22.0. The number of hydrogen-bond donors (Lipinski definition) is 4. The normalized spacial score (nSPS) is 19.3. The number of rotatable bonds is 9. The zero-order chi connectivity index (χ0) is 38.9. The molecule has 5 rings (SSSR count). The van der Waals surface area contributed by atoms with Crippen LogP contribution in [0.2, 0.25) is 0 Å². The minimum Gasteiger partial charge on any atom is -0.507 e. The van der Waals surface area contributed by atoms with E-state index in [-0.39, 0.29) is 40.3 Å². The summed E-state index contributed by atoms with van der Waals surface area (Å²) in [6, 6.07) is 10.4. The number of aliphatic carboxylic acids is 2. The Kier molecular flexibility index (Phi) is 16.2. The molecule has 11 nitrogen and oxygen atoms in total. The number of guanidine groups is 1. The Morgan fingerprint density at radius 1 is 0.815 bits per heavy atom. The smallest absolute Gasteiger partial charge is 0.414 e. The quantitative estimate of drug-likeness (QED) is 0.129. The molecular formula is C42H62CrN5O6+. The van der Waals surface area contributed by atoms with Crippen molar-refractivity contribution in [1.82, 2.24) is 9.80 Å². The second kappa shape index (κ2) is 19.6. The molecule has 0 saturated heterocycles. The number of para-hydroxylation sites is 1. The van der Waals surface area contributed by atoms with Gasteiger partial charge in [-0.3, -0.25) is 24.4 Å². The minimum atomic E-state index is -1.82. The topological polar surface area (TPSA) is 149 Å². The van der Waals surface area contributed by atoms with Crippen molar-refractivity contribution < 1.29 is 52.0 Å². The van der Waals surface area contributed by atoms with E-state index in [1.807, 2.05) is 30.6 Å². The molecule has 2 unspecified atom stereocenters. The summed E-state index contributed by atoms with van der Waals surface area (Å²) in [5.74, 6) is -1.55. The first-order valence-electron chi connectivity index (χ1n) is 19.3. The number of nitrogens with zero attached hydrogens (tertiary/aromatic N) is 5.